The smallest absolute Gasteiger partial charge is 0.0794 e. The molecule has 1 N–H and O–H groups in total. The summed E-state index contributed by atoms with van der Waals surface area (Å²) in [4.78, 5) is 5.39. The SMILES string of the molecule is CCCC(NCc1cncs1)c1ccccc1. The zero-order chi connectivity index (χ0) is 11.9. The van der Waals surface area contributed by atoms with Crippen molar-refractivity contribution >= 4 is 11.3 Å². The van der Waals surface area contributed by atoms with Crippen molar-refractivity contribution in [1.82, 2.24) is 10.3 Å². The van der Waals surface area contributed by atoms with Crippen molar-refractivity contribution < 1.29 is 0 Å². The van der Waals surface area contributed by atoms with Gasteiger partial charge in [-0.1, -0.05) is 43.7 Å². The van der Waals surface area contributed by atoms with Crippen molar-refractivity contribution in [2.45, 2.75) is 32.4 Å². The molecule has 0 saturated carbocycles. The van der Waals surface area contributed by atoms with E-state index < -0.39 is 0 Å². The first-order valence-electron chi connectivity index (χ1n) is 6.06. The normalized spacial score (nSPS) is 12.5. The van der Waals surface area contributed by atoms with Gasteiger partial charge in [0, 0.05) is 23.7 Å². The second kappa shape index (κ2) is 6.52. The van der Waals surface area contributed by atoms with Crippen molar-refractivity contribution in [2.24, 2.45) is 0 Å². The van der Waals surface area contributed by atoms with Gasteiger partial charge < -0.3 is 5.32 Å². The number of nitrogens with zero attached hydrogens (tertiary/aromatic N) is 1. The van der Waals surface area contributed by atoms with Gasteiger partial charge in [-0.2, -0.15) is 0 Å². The number of thiazole rings is 1. The lowest BCUT2D eigenvalue weighted by atomic mass is 10.0. The van der Waals surface area contributed by atoms with Crippen LogP contribution in [0.25, 0.3) is 0 Å². The van der Waals surface area contributed by atoms with E-state index in [0.717, 1.165) is 6.54 Å². The number of aromatic nitrogens is 1. The molecular weight excluding hydrogens is 228 g/mol. The zero-order valence-corrected chi connectivity index (χ0v) is 10.9. The minimum absolute atomic E-state index is 0.447. The number of hydrogen-bond donors (Lipinski definition) is 1. The van der Waals surface area contributed by atoms with E-state index in [1.165, 1.54) is 23.3 Å². The van der Waals surface area contributed by atoms with Gasteiger partial charge in [0.25, 0.3) is 0 Å². The predicted molar refractivity (Wildman–Crippen MR) is 73.0 cm³/mol. The van der Waals surface area contributed by atoms with Crippen LogP contribution in [0.4, 0.5) is 0 Å². The molecule has 0 radical (unpaired) electrons. The highest BCUT2D eigenvalue weighted by Crippen LogP contribution is 2.19. The molecule has 0 amide bonds. The van der Waals surface area contributed by atoms with Gasteiger partial charge in [-0.15, -0.1) is 11.3 Å². The second-order valence-corrected chi connectivity index (χ2v) is 5.07. The van der Waals surface area contributed by atoms with Crippen molar-refractivity contribution in [3.63, 3.8) is 0 Å². The van der Waals surface area contributed by atoms with E-state index in [2.05, 4.69) is 47.6 Å². The first-order chi connectivity index (χ1) is 8.40. The topological polar surface area (TPSA) is 24.9 Å². The minimum Gasteiger partial charge on any atom is -0.305 e. The molecule has 0 saturated heterocycles. The summed E-state index contributed by atoms with van der Waals surface area (Å²) in [5, 5.41) is 3.61. The van der Waals surface area contributed by atoms with Crippen molar-refractivity contribution in [2.75, 3.05) is 0 Å². The Kier molecular flexibility index (Phi) is 4.71. The largest absolute Gasteiger partial charge is 0.305 e. The summed E-state index contributed by atoms with van der Waals surface area (Å²) in [5.41, 5.74) is 3.26. The van der Waals surface area contributed by atoms with Gasteiger partial charge in [0.2, 0.25) is 0 Å². The fraction of sp³-hybridized carbons (Fsp3) is 0.357. The van der Waals surface area contributed by atoms with Crippen LogP contribution < -0.4 is 5.32 Å². The molecule has 0 spiro atoms. The molecule has 2 nitrogen and oxygen atoms in total. The molecule has 2 rings (SSSR count). The zero-order valence-electron chi connectivity index (χ0n) is 10.1. The molecule has 17 heavy (non-hydrogen) atoms. The monoisotopic (exact) mass is 246 g/mol. The van der Waals surface area contributed by atoms with Crippen LogP contribution in [0.3, 0.4) is 0 Å². The number of hydrogen-bond acceptors (Lipinski definition) is 3. The van der Waals surface area contributed by atoms with Crippen LogP contribution >= 0.6 is 11.3 Å². The molecule has 2 aromatic rings. The van der Waals surface area contributed by atoms with Crippen LogP contribution in [-0.2, 0) is 6.54 Å². The second-order valence-electron chi connectivity index (χ2n) is 4.10. The van der Waals surface area contributed by atoms with Gasteiger partial charge in [-0.25, -0.2) is 0 Å². The minimum atomic E-state index is 0.447. The van der Waals surface area contributed by atoms with E-state index in [1.807, 2.05) is 11.7 Å². The fourth-order valence-corrected chi connectivity index (χ4v) is 2.46. The Labute approximate surface area is 107 Å². The molecule has 1 unspecified atom stereocenters. The van der Waals surface area contributed by atoms with Crippen molar-refractivity contribution in [3.05, 3.63) is 52.5 Å². The van der Waals surface area contributed by atoms with Gasteiger partial charge in [-0.3, -0.25) is 4.98 Å². The summed E-state index contributed by atoms with van der Waals surface area (Å²) in [6.45, 7) is 3.13. The highest BCUT2D eigenvalue weighted by Gasteiger charge is 2.09. The van der Waals surface area contributed by atoms with E-state index >= 15 is 0 Å². The fourth-order valence-electron chi connectivity index (χ4n) is 1.91. The van der Waals surface area contributed by atoms with Crippen LogP contribution in [0.15, 0.2) is 42.0 Å². The van der Waals surface area contributed by atoms with Crippen LogP contribution in [-0.4, -0.2) is 4.98 Å². The maximum Gasteiger partial charge on any atom is 0.0794 e. The van der Waals surface area contributed by atoms with Crippen LogP contribution in [0.5, 0.6) is 0 Å². The number of rotatable bonds is 6. The molecule has 0 aliphatic rings. The molecule has 1 heterocycles. The van der Waals surface area contributed by atoms with Gasteiger partial charge in [-0.05, 0) is 12.0 Å². The average molecular weight is 246 g/mol. The van der Waals surface area contributed by atoms with Crippen LogP contribution in [0, 0.1) is 0 Å². The molecule has 0 aliphatic carbocycles. The Hall–Kier alpha value is -1.19. The number of benzene rings is 1. The van der Waals surface area contributed by atoms with E-state index in [4.69, 9.17) is 0 Å². The highest BCUT2D eigenvalue weighted by molar-refractivity contribution is 7.09. The van der Waals surface area contributed by atoms with E-state index in [1.54, 1.807) is 11.3 Å². The van der Waals surface area contributed by atoms with Crippen LogP contribution in [0.1, 0.15) is 36.2 Å². The first-order valence-corrected chi connectivity index (χ1v) is 6.94. The summed E-state index contributed by atoms with van der Waals surface area (Å²) < 4.78 is 0. The molecule has 0 bridgehead atoms. The Morgan fingerprint density at radius 2 is 2.12 bits per heavy atom. The third-order valence-electron chi connectivity index (χ3n) is 2.79. The molecule has 0 aliphatic heterocycles. The molecule has 1 atom stereocenters. The van der Waals surface area contributed by atoms with Crippen molar-refractivity contribution in [3.8, 4) is 0 Å². The van der Waals surface area contributed by atoms with Crippen LogP contribution in [0.2, 0.25) is 0 Å². The van der Waals surface area contributed by atoms with Gasteiger partial charge >= 0.3 is 0 Å². The quantitative estimate of drug-likeness (QED) is 0.839. The summed E-state index contributed by atoms with van der Waals surface area (Å²) in [6, 6.07) is 11.1. The predicted octanol–water partition coefficient (Wildman–Crippen LogP) is 3.77. The molecule has 0 fully saturated rings. The standard InChI is InChI=1S/C14H18N2S/c1-2-6-14(12-7-4-3-5-8-12)16-10-13-9-15-11-17-13/h3-5,7-9,11,14,16H,2,6,10H2,1H3. The van der Waals surface area contributed by atoms with Gasteiger partial charge in [0.15, 0.2) is 0 Å². The summed E-state index contributed by atoms with van der Waals surface area (Å²) in [5.74, 6) is 0. The Morgan fingerprint density at radius 1 is 1.29 bits per heavy atom. The van der Waals surface area contributed by atoms with E-state index in [-0.39, 0.29) is 0 Å². The maximum absolute atomic E-state index is 4.10. The highest BCUT2D eigenvalue weighted by atomic mass is 32.1. The Balaban J connectivity index is 1.98. The first kappa shape index (κ1) is 12.3. The lowest BCUT2D eigenvalue weighted by molar-refractivity contribution is 0.496. The Bertz CT molecular complexity index is 411. The maximum atomic E-state index is 4.10. The molecule has 1 aromatic carbocycles. The molecular formula is C14H18N2S. The Morgan fingerprint density at radius 3 is 2.76 bits per heavy atom. The summed E-state index contributed by atoms with van der Waals surface area (Å²) >= 11 is 1.70. The van der Waals surface area contributed by atoms with Gasteiger partial charge in [0.05, 0.1) is 5.51 Å². The summed E-state index contributed by atoms with van der Waals surface area (Å²) in [6.07, 6.45) is 4.30. The van der Waals surface area contributed by atoms with E-state index in [0.29, 0.717) is 6.04 Å². The number of nitrogens with one attached hydrogen (secondary N) is 1. The summed E-state index contributed by atoms with van der Waals surface area (Å²) in [7, 11) is 0. The third kappa shape index (κ3) is 3.65. The molecule has 90 valence electrons. The third-order valence-corrected chi connectivity index (χ3v) is 3.57. The lowest BCUT2D eigenvalue weighted by Crippen LogP contribution is -2.20. The molecule has 1 aromatic heterocycles. The lowest BCUT2D eigenvalue weighted by Gasteiger charge is -2.18. The van der Waals surface area contributed by atoms with Gasteiger partial charge in [0.1, 0.15) is 0 Å². The molecule has 3 heteroatoms. The van der Waals surface area contributed by atoms with Crippen molar-refractivity contribution in [1.29, 1.82) is 0 Å². The average Bonchev–Trinajstić information content (AvgIpc) is 2.88. The van der Waals surface area contributed by atoms with E-state index in [9.17, 15) is 0 Å².